The van der Waals surface area contributed by atoms with Crippen LogP contribution in [0.2, 0.25) is 0 Å². The molecule has 0 aliphatic carbocycles. The molecule has 1 saturated heterocycles. The van der Waals surface area contributed by atoms with Gasteiger partial charge in [-0.3, -0.25) is 9.59 Å². The fourth-order valence-corrected chi connectivity index (χ4v) is 2.57. The van der Waals surface area contributed by atoms with Crippen molar-refractivity contribution in [1.82, 2.24) is 15.1 Å². The molecular weight excluding hydrogens is 322 g/mol. The monoisotopic (exact) mass is 343 g/mol. The Morgan fingerprint density at radius 1 is 1.28 bits per heavy atom. The quantitative estimate of drug-likeness (QED) is 0.814. The Morgan fingerprint density at radius 3 is 2.88 bits per heavy atom. The highest BCUT2D eigenvalue weighted by molar-refractivity contribution is 5.91. The Labute approximate surface area is 145 Å². The average Bonchev–Trinajstić information content (AvgIpc) is 3.16. The molecule has 1 aliphatic rings. The number of nitrogens with one attached hydrogen (secondary N) is 1. The second-order valence-electron chi connectivity index (χ2n) is 5.88. The number of hydrogen-bond acceptors (Lipinski definition) is 5. The van der Waals surface area contributed by atoms with Crippen LogP contribution in [-0.4, -0.2) is 42.1 Å². The van der Waals surface area contributed by atoms with Gasteiger partial charge < -0.3 is 14.8 Å². The van der Waals surface area contributed by atoms with Gasteiger partial charge in [0.15, 0.2) is 0 Å². The van der Waals surface area contributed by atoms with Crippen molar-refractivity contribution in [3.63, 3.8) is 0 Å². The van der Waals surface area contributed by atoms with E-state index in [4.69, 9.17) is 9.47 Å². The van der Waals surface area contributed by atoms with E-state index in [1.807, 2.05) is 30.3 Å². The van der Waals surface area contributed by atoms with Crippen LogP contribution in [0.1, 0.15) is 16.9 Å². The van der Waals surface area contributed by atoms with Crippen molar-refractivity contribution in [3.8, 4) is 5.75 Å². The van der Waals surface area contributed by atoms with Gasteiger partial charge in [0.05, 0.1) is 13.2 Å². The first kappa shape index (κ1) is 17.2. The van der Waals surface area contributed by atoms with Gasteiger partial charge in [-0.2, -0.15) is 5.10 Å². The molecular formula is C18H21N3O4. The predicted molar refractivity (Wildman–Crippen MR) is 91.7 cm³/mol. The highest BCUT2D eigenvalue weighted by atomic mass is 16.5. The number of para-hydroxylation sites is 1. The summed E-state index contributed by atoms with van der Waals surface area (Å²) >= 11 is 0. The molecule has 1 amide bonds. The second-order valence-corrected chi connectivity index (χ2v) is 5.88. The van der Waals surface area contributed by atoms with Crippen molar-refractivity contribution in [1.29, 1.82) is 0 Å². The topological polar surface area (TPSA) is 82.5 Å². The highest BCUT2D eigenvalue weighted by Gasteiger charge is 2.17. The van der Waals surface area contributed by atoms with Crippen LogP contribution in [0.3, 0.4) is 0 Å². The minimum Gasteiger partial charge on any atom is -0.492 e. The van der Waals surface area contributed by atoms with Gasteiger partial charge in [-0.15, -0.1) is 0 Å². The maximum absolute atomic E-state index is 12.2. The van der Waals surface area contributed by atoms with Gasteiger partial charge in [-0.1, -0.05) is 18.2 Å². The van der Waals surface area contributed by atoms with E-state index in [0.717, 1.165) is 18.8 Å². The molecule has 2 heterocycles. The first-order valence-electron chi connectivity index (χ1n) is 8.34. The van der Waals surface area contributed by atoms with Crippen molar-refractivity contribution < 1.29 is 14.3 Å². The van der Waals surface area contributed by atoms with E-state index in [1.54, 1.807) is 0 Å². The first-order valence-corrected chi connectivity index (χ1v) is 8.34. The number of carbonyl (C=O) groups excluding carboxylic acids is 1. The van der Waals surface area contributed by atoms with Crippen LogP contribution in [0.4, 0.5) is 0 Å². The summed E-state index contributed by atoms with van der Waals surface area (Å²) in [6, 6.07) is 12.1. The summed E-state index contributed by atoms with van der Waals surface area (Å²) in [7, 11) is 0. The molecule has 1 N–H and O–H groups in total. The van der Waals surface area contributed by atoms with Crippen LogP contribution < -0.4 is 15.6 Å². The minimum absolute atomic E-state index is 0.221. The lowest BCUT2D eigenvalue weighted by atomic mass is 10.1. The number of aromatic nitrogens is 2. The SMILES string of the molecule is O=C(NC[C@@H]1CCOC1)c1ccc(=O)n(CCOc2ccccc2)n1. The van der Waals surface area contributed by atoms with E-state index in [1.165, 1.54) is 16.8 Å². The van der Waals surface area contributed by atoms with E-state index in [9.17, 15) is 9.59 Å². The average molecular weight is 343 g/mol. The summed E-state index contributed by atoms with van der Waals surface area (Å²) in [6.07, 6.45) is 0.948. The number of nitrogens with zero attached hydrogens (tertiary/aromatic N) is 2. The molecule has 132 valence electrons. The molecule has 3 rings (SSSR count). The summed E-state index contributed by atoms with van der Waals surface area (Å²) in [5.41, 5.74) is -0.0457. The fraction of sp³-hybridized carbons (Fsp3) is 0.389. The number of carbonyl (C=O) groups is 1. The van der Waals surface area contributed by atoms with E-state index < -0.39 is 0 Å². The Morgan fingerprint density at radius 2 is 2.12 bits per heavy atom. The van der Waals surface area contributed by atoms with Crippen LogP contribution in [0.25, 0.3) is 0 Å². The van der Waals surface area contributed by atoms with Crippen LogP contribution in [-0.2, 0) is 11.3 Å². The molecule has 1 aromatic heterocycles. The van der Waals surface area contributed by atoms with Crippen LogP contribution in [0, 0.1) is 5.92 Å². The first-order chi connectivity index (χ1) is 12.2. The van der Waals surface area contributed by atoms with E-state index in [2.05, 4.69) is 10.4 Å². The third-order valence-corrected chi connectivity index (χ3v) is 3.99. The molecule has 25 heavy (non-hydrogen) atoms. The third-order valence-electron chi connectivity index (χ3n) is 3.99. The van der Waals surface area contributed by atoms with Gasteiger partial charge in [0.1, 0.15) is 18.1 Å². The molecule has 1 aliphatic heterocycles. The van der Waals surface area contributed by atoms with Gasteiger partial charge in [0, 0.05) is 25.1 Å². The zero-order valence-electron chi connectivity index (χ0n) is 13.9. The maximum atomic E-state index is 12.2. The summed E-state index contributed by atoms with van der Waals surface area (Å²) in [4.78, 5) is 24.1. The van der Waals surface area contributed by atoms with Crippen molar-refractivity contribution in [2.45, 2.75) is 13.0 Å². The van der Waals surface area contributed by atoms with Crippen LogP contribution >= 0.6 is 0 Å². The summed E-state index contributed by atoms with van der Waals surface area (Å²) in [5.74, 6) is 0.780. The zero-order valence-corrected chi connectivity index (χ0v) is 13.9. The molecule has 2 aromatic rings. The molecule has 0 radical (unpaired) electrons. The van der Waals surface area contributed by atoms with Gasteiger partial charge in [-0.25, -0.2) is 4.68 Å². The smallest absolute Gasteiger partial charge is 0.271 e. The molecule has 1 aromatic carbocycles. The molecule has 0 unspecified atom stereocenters. The molecule has 0 spiro atoms. The minimum atomic E-state index is -0.287. The second kappa shape index (κ2) is 8.43. The third kappa shape index (κ3) is 4.90. The van der Waals surface area contributed by atoms with Crippen molar-refractivity contribution in [2.75, 3.05) is 26.4 Å². The van der Waals surface area contributed by atoms with Gasteiger partial charge in [0.2, 0.25) is 0 Å². The lowest BCUT2D eigenvalue weighted by molar-refractivity contribution is 0.0937. The van der Waals surface area contributed by atoms with Crippen molar-refractivity contribution in [2.24, 2.45) is 5.92 Å². The molecule has 7 heteroatoms. The molecule has 0 bridgehead atoms. The number of rotatable bonds is 7. The van der Waals surface area contributed by atoms with E-state index in [-0.39, 0.29) is 23.7 Å². The maximum Gasteiger partial charge on any atom is 0.271 e. The van der Waals surface area contributed by atoms with Gasteiger partial charge in [-0.05, 0) is 24.6 Å². The van der Waals surface area contributed by atoms with Gasteiger partial charge in [0.25, 0.3) is 11.5 Å². The molecule has 0 saturated carbocycles. The van der Waals surface area contributed by atoms with E-state index >= 15 is 0 Å². The van der Waals surface area contributed by atoms with Gasteiger partial charge >= 0.3 is 0 Å². The predicted octanol–water partition coefficient (Wildman–Crippen LogP) is 1.09. The molecule has 7 nitrogen and oxygen atoms in total. The Kier molecular flexibility index (Phi) is 5.79. The highest BCUT2D eigenvalue weighted by Crippen LogP contribution is 2.10. The lowest BCUT2D eigenvalue weighted by Gasteiger charge is -2.11. The Hall–Kier alpha value is -2.67. The summed E-state index contributed by atoms with van der Waals surface area (Å²) < 4.78 is 12.1. The normalized spacial score (nSPS) is 16.6. The van der Waals surface area contributed by atoms with Crippen LogP contribution in [0.5, 0.6) is 5.75 Å². The zero-order chi connectivity index (χ0) is 17.5. The molecule has 1 fully saturated rings. The number of ether oxygens (including phenoxy) is 2. The van der Waals surface area contributed by atoms with Crippen molar-refractivity contribution in [3.05, 3.63) is 58.5 Å². The summed E-state index contributed by atoms with van der Waals surface area (Å²) in [6.45, 7) is 2.53. The lowest BCUT2D eigenvalue weighted by Crippen LogP contribution is -2.33. The fourth-order valence-electron chi connectivity index (χ4n) is 2.57. The largest absolute Gasteiger partial charge is 0.492 e. The Balaban J connectivity index is 1.55. The van der Waals surface area contributed by atoms with Crippen LogP contribution in [0.15, 0.2) is 47.3 Å². The molecule has 1 atom stereocenters. The number of amides is 1. The van der Waals surface area contributed by atoms with Crippen molar-refractivity contribution >= 4 is 5.91 Å². The Bertz CT molecular complexity index is 754. The standard InChI is InChI=1S/C18H21N3O4/c22-17-7-6-16(18(23)19-12-14-8-10-24-13-14)20-21(17)9-11-25-15-4-2-1-3-5-15/h1-7,14H,8-13H2,(H,19,23)/t14-/m0/s1. The summed E-state index contributed by atoms with van der Waals surface area (Å²) in [5, 5.41) is 6.97. The number of benzene rings is 1. The number of hydrogen-bond donors (Lipinski definition) is 1. The van der Waals surface area contributed by atoms with E-state index in [0.29, 0.717) is 25.7 Å².